The molecule has 2 bridgehead atoms. The van der Waals surface area contributed by atoms with Crippen molar-refractivity contribution in [3.05, 3.63) is 25.3 Å². The van der Waals surface area contributed by atoms with Crippen LogP contribution in [-0.4, -0.2) is 92.9 Å². The van der Waals surface area contributed by atoms with Crippen LogP contribution in [0.2, 0.25) is 0 Å². The van der Waals surface area contributed by atoms with Crippen molar-refractivity contribution < 1.29 is 19.5 Å². The molecule has 0 aromatic rings. The zero-order valence-electron chi connectivity index (χ0n) is 21.1. The Labute approximate surface area is 208 Å². The van der Waals surface area contributed by atoms with Crippen molar-refractivity contribution in [2.45, 2.75) is 68.5 Å². The third-order valence-corrected chi connectivity index (χ3v) is 9.91. The molecule has 3 rings (SSSR count). The van der Waals surface area contributed by atoms with Crippen LogP contribution < -0.4 is 0 Å². The lowest BCUT2D eigenvalue weighted by atomic mass is 9.65. The molecule has 3 aliphatic rings. The minimum atomic E-state index is -0.598. The van der Waals surface area contributed by atoms with Crippen LogP contribution in [0.1, 0.15) is 46.5 Å². The molecule has 1 spiro atoms. The summed E-state index contributed by atoms with van der Waals surface area (Å²) >= 11 is 1.72. The first-order valence-corrected chi connectivity index (χ1v) is 13.4. The Kier molecular flexibility index (Phi) is 8.56. The van der Waals surface area contributed by atoms with Gasteiger partial charge in [0.2, 0.25) is 17.7 Å². The molecule has 0 saturated carbocycles. The fourth-order valence-electron chi connectivity index (χ4n) is 6.28. The quantitative estimate of drug-likeness (QED) is 0.335. The number of likely N-dealkylation sites (N-methyl/N-ethyl adjacent to an activating group) is 1. The number of carbonyl (C=O) groups excluding carboxylic acids is 3. The van der Waals surface area contributed by atoms with Gasteiger partial charge in [-0.15, -0.1) is 24.9 Å². The fourth-order valence-corrected chi connectivity index (χ4v) is 8.69. The van der Waals surface area contributed by atoms with E-state index < -0.39 is 22.6 Å². The van der Waals surface area contributed by atoms with Crippen molar-refractivity contribution in [2.75, 3.05) is 33.3 Å². The summed E-state index contributed by atoms with van der Waals surface area (Å²) in [7, 11) is 1.76. The number of amides is 3. The predicted molar refractivity (Wildman–Crippen MR) is 136 cm³/mol. The highest BCUT2D eigenvalue weighted by molar-refractivity contribution is 8.02. The van der Waals surface area contributed by atoms with Crippen molar-refractivity contribution in [1.82, 2.24) is 14.7 Å². The highest BCUT2D eigenvalue weighted by atomic mass is 32.2. The molecule has 3 unspecified atom stereocenters. The minimum Gasteiger partial charge on any atom is -0.396 e. The van der Waals surface area contributed by atoms with Crippen LogP contribution in [0.15, 0.2) is 25.3 Å². The molecule has 0 aromatic carbocycles. The third kappa shape index (κ3) is 4.32. The number of nitrogens with zero attached hydrogens (tertiary/aromatic N) is 3. The van der Waals surface area contributed by atoms with Crippen LogP contribution in [-0.2, 0) is 14.4 Å². The molecule has 3 amide bonds. The van der Waals surface area contributed by atoms with Gasteiger partial charge >= 0.3 is 0 Å². The molecular formula is C26H41N3O4S. The smallest absolute Gasteiger partial charge is 0.247 e. The first kappa shape index (κ1) is 26.8. The largest absolute Gasteiger partial charge is 0.396 e. The second-order valence-corrected chi connectivity index (χ2v) is 11.8. The Morgan fingerprint density at radius 3 is 2.47 bits per heavy atom. The molecule has 3 fully saturated rings. The monoisotopic (exact) mass is 491 g/mol. The Morgan fingerprint density at radius 2 is 1.88 bits per heavy atom. The summed E-state index contributed by atoms with van der Waals surface area (Å²) in [5.41, 5.74) is 0. The lowest BCUT2D eigenvalue weighted by molar-refractivity contribution is -0.144. The van der Waals surface area contributed by atoms with Gasteiger partial charge in [-0.3, -0.25) is 14.4 Å². The van der Waals surface area contributed by atoms with Crippen molar-refractivity contribution in [1.29, 1.82) is 0 Å². The number of hydrogen-bond acceptors (Lipinski definition) is 5. The summed E-state index contributed by atoms with van der Waals surface area (Å²) in [4.78, 5) is 46.9. The van der Waals surface area contributed by atoms with E-state index >= 15 is 0 Å². The normalized spacial score (nSPS) is 31.6. The van der Waals surface area contributed by atoms with Crippen LogP contribution in [0, 0.1) is 17.8 Å². The van der Waals surface area contributed by atoms with E-state index in [4.69, 9.17) is 0 Å². The second-order valence-electron chi connectivity index (χ2n) is 10.2. The number of thioether (sulfide) groups is 1. The zero-order chi connectivity index (χ0) is 25.2. The average molecular weight is 492 g/mol. The highest BCUT2D eigenvalue weighted by Gasteiger charge is 2.76. The molecule has 0 radical (unpaired) electrons. The van der Waals surface area contributed by atoms with Crippen LogP contribution >= 0.6 is 11.8 Å². The lowest BCUT2D eigenvalue weighted by Crippen LogP contribution is -2.58. The Bertz CT molecular complexity index is 818. The van der Waals surface area contributed by atoms with Gasteiger partial charge in [-0.2, -0.15) is 0 Å². The second kappa shape index (κ2) is 10.9. The summed E-state index contributed by atoms with van der Waals surface area (Å²) in [5.74, 6) is -0.875. The lowest BCUT2D eigenvalue weighted by Gasteiger charge is -2.41. The van der Waals surface area contributed by atoms with Gasteiger partial charge in [-0.1, -0.05) is 19.1 Å². The SMILES string of the molecule is C=CCN(C)C(=O)[C@@H]1[C@@H]2CC(C)C3(S2)C(C(=O)N(CC=C)C(C)C)N(CCCCCO)C(=O)[C@H]13. The van der Waals surface area contributed by atoms with Gasteiger partial charge in [0, 0.05) is 44.6 Å². The van der Waals surface area contributed by atoms with Gasteiger partial charge in [-0.25, -0.2) is 0 Å². The first-order valence-electron chi connectivity index (χ1n) is 12.5. The van der Waals surface area contributed by atoms with Gasteiger partial charge < -0.3 is 19.8 Å². The van der Waals surface area contributed by atoms with Crippen molar-refractivity contribution in [2.24, 2.45) is 17.8 Å². The third-order valence-electron chi connectivity index (χ3n) is 7.83. The van der Waals surface area contributed by atoms with E-state index in [2.05, 4.69) is 20.1 Å². The molecule has 3 saturated heterocycles. The predicted octanol–water partition coefficient (Wildman–Crippen LogP) is 2.55. The molecule has 190 valence electrons. The summed E-state index contributed by atoms with van der Waals surface area (Å²) in [6.07, 6.45) is 6.44. The molecule has 7 nitrogen and oxygen atoms in total. The van der Waals surface area contributed by atoms with E-state index in [-0.39, 0.29) is 41.5 Å². The molecule has 0 aliphatic carbocycles. The van der Waals surface area contributed by atoms with Gasteiger partial charge in [-0.05, 0) is 45.4 Å². The molecule has 6 atom stereocenters. The summed E-state index contributed by atoms with van der Waals surface area (Å²) in [6.45, 7) is 15.1. The number of aliphatic hydroxyl groups excluding tert-OH is 1. The Balaban J connectivity index is 2.03. The Morgan fingerprint density at radius 1 is 1.21 bits per heavy atom. The van der Waals surface area contributed by atoms with Crippen LogP contribution in [0.25, 0.3) is 0 Å². The van der Waals surface area contributed by atoms with E-state index in [1.807, 2.05) is 18.7 Å². The van der Waals surface area contributed by atoms with Gasteiger partial charge in [0.25, 0.3) is 0 Å². The van der Waals surface area contributed by atoms with E-state index in [9.17, 15) is 19.5 Å². The van der Waals surface area contributed by atoms with E-state index in [0.717, 1.165) is 19.3 Å². The van der Waals surface area contributed by atoms with Crippen LogP contribution in [0.5, 0.6) is 0 Å². The number of carbonyl (C=O) groups is 3. The van der Waals surface area contributed by atoms with Crippen molar-refractivity contribution in [3.8, 4) is 0 Å². The zero-order valence-corrected chi connectivity index (χ0v) is 21.9. The minimum absolute atomic E-state index is 0.0235. The molecule has 34 heavy (non-hydrogen) atoms. The maximum absolute atomic E-state index is 14.1. The van der Waals surface area contributed by atoms with Crippen molar-refractivity contribution >= 4 is 29.5 Å². The van der Waals surface area contributed by atoms with Crippen molar-refractivity contribution in [3.63, 3.8) is 0 Å². The number of rotatable bonds is 12. The summed E-state index contributed by atoms with van der Waals surface area (Å²) in [5, 5.41) is 9.23. The molecule has 3 heterocycles. The summed E-state index contributed by atoms with van der Waals surface area (Å²) < 4.78 is -0.598. The molecule has 8 heteroatoms. The molecular weight excluding hydrogens is 450 g/mol. The molecule has 3 aliphatic heterocycles. The number of hydrogen-bond donors (Lipinski definition) is 1. The fraction of sp³-hybridized carbons (Fsp3) is 0.731. The number of fused-ring (bicyclic) bond motifs is 1. The van der Waals surface area contributed by atoms with E-state index in [0.29, 0.717) is 26.1 Å². The van der Waals surface area contributed by atoms with Gasteiger partial charge in [0.05, 0.1) is 16.6 Å². The van der Waals surface area contributed by atoms with E-state index in [1.54, 1.807) is 40.8 Å². The average Bonchev–Trinajstić information content (AvgIpc) is 3.38. The van der Waals surface area contributed by atoms with Crippen LogP contribution in [0.3, 0.4) is 0 Å². The van der Waals surface area contributed by atoms with Gasteiger partial charge in [0.1, 0.15) is 6.04 Å². The number of likely N-dealkylation sites (tertiary alicyclic amines) is 1. The molecule has 0 aromatic heterocycles. The first-order chi connectivity index (χ1) is 16.2. The number of unbranched alkanes of at least 4 members (excludes halogenated alkanes) is 2. The summed E-state index contributed by atoms with van der Waals surface area (Å²) in [6, 6.07) is -0.614. The number of aliphatic hydroxyl groups is 1. The van der Waals surface area contributed by atoms with E-state index in [1.165, 1.54) is 0 Å². The van der Waals surface area contributed by atoms with Crippen LogP contribution in [0.4, 0.5) is 0 Å². The maximum Gasteiger partial charge on any atom is 0.247 e. The maximum atomic E-state index is 14.1. The standard InChI is InChI=1S/C26H41N3O4S/c1-7-12-27(6)23(31)20-19-16-18(5)26(34-19)21(20)24(32)29(14-10-9-11-15-30)22(26)25(33)28(13-8-2)17(3)4/h7-8,17-22,30H,1-2,9-16H2,3-6H3/t18?,19-,20+,21-,22?,26?/m0/s1. The molecule has 1 N–H and O–H groups in total. The van der Waals surface area contributed by atoms with Gasteiger partial charge in [0.15, 0.2) is 0 Å². The highest BCUT2D eigenvalue weighted by Crippen LogP contribution is 2.68. The Hall–Kier alpha value is -1.80. The topological polar surface area (TPSA) is 81.2 Å².